The minimum Gasteiger partial charge on any atom is -0.478 e. The highest BCUT2D eigenvalue weighted by atomic mass is 16.4. The average molecular weight is 293 g/mol. The Morgan fingerprint density at radius 1 is 1.09 bits per heavy atom. The van der Waals surface area contributed by atoms with Gasteiger partial charge in [0, 0.05) is 6.08 Å². The third-order valence-corrected chi connectivity index (χ3v) is 3.60. The van der Waals surface area contributed by atoms with Gasteiger partial charge in [-0.2, -0.15) is 0 Å². The molecule has 0 radical (unpaired) electrons. The van der Waals surface area contributed by atoms with Gasteiger partial charge in [-0.05, 0) is 60.9 Å². The van der Waals surface area contributed by atoms with E-state index in [1.807, 2.05) is 32.1 Å². The molecule has 2 aromatic carbocycles. The SMILES string of the molecule is Cc1cc2nc(/C=C/c3ccc(C(=O)O)cc3)oc2cc1C. The molecular weight excluding hydrogens is 278 g/mol. The molecule has 0 bridgehead atoms. The minimum atomic E-state index is -0.930. The topological polar surface area (TPSA) is 63.3 Å². The van der Waals surface area contributed by atoms with Crippen LogP contribution in [0, 0.1) is 13.8 Å². The van der Waals surface area contributed by atoms with E-state index in [0.29, 0.717) is 5.89 Å². The minimum absolute atomic E-state index is 0.268. The van der Waals surface area contributed by atoms with Crippen molar-refractivity contribution in [2.45, 2.75) is 13.8 Å². The smallest absolute Gasteiger partial charge is 0.335 e. The van der Waals surface area contributed by atoms with Crippen molar-refractivity contribution in [3.05, 3.63) is 64.5 Å². The zero-order valence-electron chi connectivity index (χ0n) is 12.3. The van der Waals surface area contributed by atoms with Crippen molar-refractivity contribution in [1.82, 2.24) is 4.98 Å². The molecule has 0 saturated carbocycles. The summed E-state index contributed by atoms with van der Waals surface area (Å²) in [4.78, 5) is 15.2. The van der Waals surface area contributed by atoms with Gasteiger partial charge < -0.3 is 9.52 Å². The summed E-state index contributed by atoms with van der Waals surface area (Å²) in [5.41, 5.74) is 5.11. The molecule has 3 aromatic rings. The summed E-state index contributed by atoms with van der Waals surface area (Å²) >= 11 is 0. The second-order valence-electron chi connectivity index (χ2n) is 5.22. The second kappa shape index (κ2) is 5.48. The summed E-state index contributed by atoms with van der Waals surface area (Å²) in [5.74, 6) is -0.400. The lowest BCUT2D eigenvalue weighted by molar-refractivity contribution is 0.0697. The molecule has 0 atom stereocenters. The fourth-order valence-corrected chi connectivity index (χ4v) is 2.17. The van der Waals surface area contributed by atoms with Crippen molar-refractivity contribution in [2.24, 2.45) is 0 Å². The Morgan fingerprint density at radius 3 is 2.45 bits per heavy atom. The third kappa shape index (κ3) is 2.76. The third-order valence-electron chi connectivity index (χ3n) is 3.60. The zero-order valence-corrected chi connectivity index (χ0v) is 12.3. The predicted molar refractivity (Wildman–Crippen MR) is 85.8 cm³/mol. The number of aromatic nitrogens is 1. The quantitative estimate of drug-likeness (QED) is 0.781. The number of nitrogens with zero attached hydrogens (tertiary/aromatic N) is 1. The van der Waals surface area contributed by atoms with Crippen LogP contribution in [0.1, 0.15) is 32.9 Å². The van der Waals surface area contributed by atoms with E-state index in [1.54, 1.807) is 30.3 Å². The molecule has 0 aliphatic carbocycles. The molecule has 0 unspecified atom stereocenters. The Kier molecular flexibility index (Phi) is 3.51. The molecule has 0 aliphatic heterocycles. The molecule has 0 aliphatic rings. The first-order valence-electron chi connectivity index (χ1n) is 6.92. The number of fused-ring (bicyclic) bond motifs is 1. The van der Waals surface area contributed by atoms with E-state index in [1.165, 1.54) is 11.1 Å². The summed E-state index contributed by atoms with van der Waals surface area (Å²) in [5, 5.41) is 8.87. The maximum atomic E-state index is 10.8. The molecule has 1 heterocycles. The molecule has 0 amide bonds. The number of carboxylic acid groups (broad SMARTS) is 1. The van der Waals surface area contributed by atoms with E-state index in [9.17, 15) is 4.79 Å². The Hall–Kier alpha value is -2.88. The second-order valence-corrected chi connectivity index (χ2v) is 5.22. The molecule has 4 nitrogen and oxygen atoms in total. The van der Waals surface area contributed by atoms with E-state index < -0.39 is 5.97 Å². The average Bonchev–Trinajstić information content (AvgIpc) is 2.88. The Bertz CT molecular complexity index is 834. The molecule has 4 heteroatoms. The van der Waals surface area contributed by atoms with Gasteiger partial charge in [-0.1, -0.05) is 12.1 Å². The molecule has 22 heavy (non-hydrogen) atoms. The van der Waals surface area contributed by atoms with Crippen LogP contribution in [0.25, 0.3) is 23.3 Å². The van der Waals surface area contributed by atoms with Crippen LogP contribution in [-0.2, 0) is 0 Å². The van der Waals surface area contributed by atoms with E-state index >= 15 is 0 Å². The van der Waals surface area contributed by atoms with Gasteiger partial charge in [-0.15, -0.1) is 0 Å². The van der Waals surface area contributed by atoms with Gasteiger partial charge in [0.15, 0.2) is 5.58 Å². The standard InChI is InChI=1S/C18H15NO3/c1-11-9-15-16(10-12(11)2)22-17(19-15)8-5-13-3-6-14(7-4-13)18(20)21/h3-10H,1-2H3,(H,20,21)/b8-5+. The van der Waals surface area contributed by atoms with Crippen molar-refractivity contribution in [1.29, 1.82) is 0 Å². The number of aromatic carboxylic acids is 1. The van der Waals surface area contributed by atoms with E-state index in [-0.39, 0.29) is 5.56 Å². The van der Waals surface area contributed by atoms with Crippen molar-refractivity contribution in [3.63, 3.8) is 0 Å². The van der Waals surface area contributed by atoms with E-state index in [2.05, 4.69) is 4.98 Å². The van der Waals surface area contributed by atoms with Gasteiger partial charge in [0.1, 0.15) is 5.52 Å². The highest BCUT2D eigenvalue weighted by Crippen LogP contribution is 2.21. The fourth-order valence-electron chi connectivity index (χ4n) is 2.17. The van der Waals surface area contributed by atoms with Crippen LogP contribution in [0.15, 0.2) is 40.8 Å². The monoisotopic (exact) mass is 293 g/mol. The number of hydrogen-bond donors (Lipinski definition) is 1. The van der Waals surface area contributed by atoms with Crippen LogP contribution >= 0.6 is 0 Å². The van der Waals surface area contributed by atoms with E-state index in [0.717, 1.165) is 16.7 Å². The van der Waals surface area contributed by atoms with Crippen molar-refractivity contribution in [2.75, 3.05) is 0 Å². The highest BCUT2D eigenvalue weighted by Gasteiger charge is 2.05. The first-order valence-corrected chi connectivity index (χ1v) is 6.92. The summed E-state index contributed by atoms with van der Waals surface area (Å²) in [6.45, 7) is 4.08. The summed E-state index contributed by atoms with van der Waals surface area (Å²) in [7, 11) is 0. The first-order chi connectivity index (χ1) is 10.5. The van der Waals surface area contributed by atoms with Gasteiger partial charge in [0.05, 0.1) is 5.56 Å². The molecular formula is C18H15NO3. The predicted octanol–water partition coefficient (Wildman–Crippen LogP) is 4.31. The lowest BCUT2D eigenvalue weighted by Gasteiger charge is -1.96. The zero-order chi connectivity index (χ0) is 15.7. The number of aryl methyl sites for hydroxylation is 2. The molecule has 0 fully saturated rings. The largest absolute Gasteiger partial charge is 0.478 e. The molecule has 1 aromatic heterocycles. The number of carboxylic acids is 1. The molecule has 1 N–H and O–H groups in total. The molecule has 3 rings (SSSR count). The van der Waals surface area contributed by atoms with E-state index in [4.69, 9.17) is 9.52 Å². The summed E-state index contributed by atoms with van der Waals surface area (Å²) < 4.78 is 5.70. The number of rotatable bonds is 3. The molecule has 0 spiro atoms. The van der Waals surface area contributed by atoms with Gasteiger partial charge >= 0.3 is 5.97 Å². The van der Waals surface area contributed by atoms with Crippen molar-refractivity contribution in [3.8, 4) is 0 Å². The summed E-state index contributed by atoms with van der Waals surface area (Å²) in [6, 6.07) is 10.6. The number of benzene rings is 2. The number of oxazole rings is 1. The number of hydrogen-bond acceptors (Lipinski definition) is 3. The maximum absolute atomic E-state index is 10.8. The van der Waals surface area contributed by atoms with Gasteiger partial charge in [0.2, 0.25) is 5.89 Å². The van der Waals surface area contributed by atoms with Crippen molar-refractivity contribution >= 4 is 29.2 Å². The Labute approximate surface area is 127 Å². The van der Waals surface area contributed by atoms with Gasteiger partial charge in [-0.3, -0.25) is 0 Å². The Balaban J connectivity index is 1.87. The normalized spacial score (nSPS) is 11.4. The van der Waals surface area contributed by atoms with Crippen LogP contribution < -0.4 is 0 Å². The highest BCUT2D eigenvalue weighted by molar-refractivity contribution is 5.88. The van der Waals surface area contributed by atoms with Crippen molar-refractivity contribution < 1.29 is 14.3 Å². The molecule has 0 saturated heterocycles. The lowest BCUT2D eigenvalue weighted by Crippen LogP contribution is -1.94. The Morgan fingerprint density at radius 2 is 1.77 bits per heavy atom. The maximum Gasteiger partial charge on any atom is 0.335 e. The van der Waals surface area contributed by atoms with Crippen LogP contribution in [0.2, 0.25) is 0 Å². The van der Waals surface area contributed by atoms with Crippen LogP contribution in [0.4, 0.5) is 0 Å². The summed E-state index contributed by atoms with van der Waals surface area (Å²) in [6.07, 6.45) is 3.62. The van der Waals surface area contributed by atoms with Crippen LogP contribution in [0.3, 0.4) is 0 Å². The first kappa shape index (κ1) is 14.1. The lowest BCUT2D eigenvalue weighted by atomic mass is 10.1. The van der Waals surface area contributed by atoms with Gasteiger partial charge in [-0.25, -0.2) is 9.78 Å². The number of carbonyl (C=O) groups is 1. The van der Waals surface area contributed by atoms with Crippen LogP contribution in [-0.4, -0.2) is 16.1 Å². The van der Waals surface area contributed by atoms with Gasteiger partial charge in [0.25, 0.3) is 0 Å². The van der Waals surface area contributed by atoms with Crippen LogP contribution in [0.5, 0.6) is 0 Å². The molecule has 110 valence electrons. The fraction of sp³-hybridized carbons (Fsp3) is 0.111.